The van der Waals surface area contributed by atoms with Gasteiger partial charge in [0.1, 0.15) is 0 Å². The van der Waals surface area contributed by atoms with Crippen LogP contribution in [0, 0.1) is 13.8 Å². The van der Waals surface area contributed by atoms with E-state index in [0.717, 1.165) is 0 Å². The van der Waals surface area contributed by atoms with Crippen molar-refractivity contribution in [2.75, 3.05) is 0 Å². The first kappa shape index (κ1) is 18.0. The Morgan fingerprint density at radius 2 is 1.30 bits per heavy atom. The Hall–Kier alpha value is -2.34. The Morgan fingerprint density at radius 1 is 0.704 bits per heavy atom. The molecule has 0 unspecified atom stereocenters. The molecule has 0 fully saturated rings. The van der Waals surface area contributed by atoms with Crippen LogP contribution in [0.2, 0.25) is 0 Å². The standard InChI is InChI=1S/C27H30/c1-17-13-22-23-16-20(26(3,4)5)15-21(19-11-9-8-10-12-19)25(23)27(6,7)24(22)14-18(17)2/h8-16H,1-7H3. The fraction of sp³-hybridized carbons (Fsp3) is 0.333. The molecule has 0 saturated heterocycles. The van der Waals surface area contributed by atoms with Gasteiger partial charge in [0.2, 0.25) is 0 Å². The van der Waals surface area contributed by atoms with E-state index in [4.69, 9.17) is 0 Å². The summed E-state index contributed by atoms with van der Waals surface area (Å²) in [6.07, 6.45) is 0. The lowest BCUT2D eigenvalue weighted by Gasteiger charge is -2.27. The summed E-state index contributed by atoms with van der Waals surface area (Å²) >= 11 is 0. The van der Waals surface area contributed by atoms with Crippen molar-refractivity contribution in [1.82, 2.24) is 0 Å². The molecule has 0 atom stereocenters. The Morgan fingerprint density at radius 3 is 1.93 bits per heavy atom. The van der Waals surface area contributed by atoms with E-state index < -0.39 is 0 Å². The van der Waals surface area contributed by atoms with Crippen molar-refractivity contribution in [1.29, 1.82) is 0 Å². The van der Waals surface area contributed by atoms with Crippen LogP contribution in [0.5, 0.6) is 0 Å². The Kier molecular flexibility index (Phi) is 3.89. The predicted octanol–water partition coefficient (Wildman–Crippen LogP) is 7.57. The quantitative estimate of drug-likeness (QED) is 0.422. The van der Waals surface area contributed by atoms with Crippen LogP contribution >= 0.6 is 0 Å². The minimum absolute atomic E-state index is 0.00468. The predicted molar refractivity (Wildman–Crippen MR) is 118 cm³/mol. The van der Waals surface area contributed by atoms with Gasteiger partial charge in [0.15, 0.2) is 0 Å². The maximum absolute atomic E-state index is 2.45. The summed E-state index contributed by atoms with van der Waals surface area (Å²) in [5, 5.41) is 0. The van der Waals surface area contributed by atoms with Gasteiger partial charge >= 0.3 is 0 Å². The van der Waals surface area contributed by atoms with Crippen molar-refractivity contribution in [2.45, 2.75) is 59.3 Å². The zero-order chi connectivity index (χ0) is 19.6. The lowest BCUT2D eigenvalue weighted by Crippen LogP contribution is -2.18. The molecule has 0 radical (unpaired) electrons. The zero-order valence-corrected chi connectivity index (χ0v) is 17.7. The molecule has 0 nitrogen and oxygen atoms in total. The summed E-state index contributed by atoms with van der Waals surface area (Å²) in [7, 11) is 0. The molecular weight excluding hydrogens is 324 g/mol. The molecule has 138 valence electrons. The Balaban J connectivity index is 2.12. The molecule has 3 aromatic rings. The van der Waals surface area contributed by atoms with E-state index in [-0.39, 0.29) is 10.8 Å². The van der Waals surface area contributed by atoms with Gasteiger partial charge in [-0.3, -0.25) is 0 Å². The fourth-order valence-corrected chi connectivity index (χ4v) is 4.50. The van der Waals surface area contributed by atoms with Crippen LogP contribution in [0.15, 0.2) is 54.6 Å². The van der Waals surface area contributed by atoms with Crippen molar-refractivity contribution in [3.05, 3.63) is 82.4 Å². The topological polar surface area (TPSA) is 0 Å². The highest BCUT2D eigenvalue weighted by atomic mass is 14.4. The minimum Gasteiger partial charge on any atom is -0.0622 e. The third-order valence-electron chi connectivity index (χ3n) is 6.31. The van der Waals surface area contributed by atoms with Gasteiger partial charge in [0.25, 0.3) is 0 Å². The van der Waals surface area contributed by atoms with E-state index in [2.05, 4.69) is 103 Å². The van der Waals surface area contributed by atoms with Crippen LogP contribution in [0.4, 0.5) is 0 Å². The molecule has 0 saturated carbocycles. The molecule has 0 N–H and O–H groups in total. The van der Waals surface area contributed by atoms with Crippen molar-refractivity contribution in [2.24, 2.45) is 0 Å². The molecular formula is C27H30. The molecule has 0 amide bonds. The monoisotopic (exact) mass is 354 g/mol. The molecule has 1 aliphatic carbocycles. The number of hydrogen-bond donors (Lipinski definition) is 0. The first-order chi connectivity index (χ1) is 12.6. The number of hydrogen-bond acceptors (Lipinski definition) is 0. The van der Waals surface area contributed by atoms with Gasteiger partial charge in [-0.2, -0.15) is 0 Å². The molecule has 0 spiro atoms. The first-order valence-electron chi connectivity index (χ1n) is 9.97. The van der Waals surface area contributed by atoms with E-state index in [1.54, 1.807) is 0 Å². The molecule has 1 aliphatic rings. The number of aryl methyl sites for hydroxylation is 2. The lowest BCUT2D eigenvalue weighted by atomic mass is 9.76. The fourth-order valence-electron chi connectivity index (χ4n) is 4.50. The summed E-state index contributed by atoms with van der Waals surface area (Å²) in [5.41, 5.74) is 12.8. The summed E-state index contributed by atoms with van der Waals surface area (Å²) < 4.78 is 0. The molecule has 4 rings (SSSR count). The van der Waals surface area contributed by atoms with E-state index in [0.29, 0.717) is 0 Å². The largest absolute Gasteiger partial charge is 0.0622 e. The molecule has 0 heterocycles. The SMILES string of the molecule is Cc1cc2c(cc1C)C(C)(C)c1c(-c3ccccc3)cc(C(C)(C)C)cc1-2. The van der Waals surface area contributed by atoms with Gasteiger partial charge in [0.05, 0.1) is 0 Å². The summed E-state index contributed by atoms with van der Waals surface area (Å²) in [6.45, 7) is 16.2. The summed E-state index contributed by atoms with van der Waals surface area (Å²) in [6, 6.07) is 20.6. The number of fused-ring (bicyclic) bond motifs is 3. The minimum atomic E-state index is 0.00468. The van der Waals surface area contributed by atoms with Gasteiger partial charge in [-0.1, -0.05) is 89.2 Å². The second kappa shape index (κ2) is 5.83. The van der Waals surface area contributed by atoms with Gasteiger partial charge in [0, 0.05) is 5.41 Å². The molecule has 27 heavy (non-hydrogen) atoms. The van der Waals surface area contributed by atoms with Gasteiger partial charge in [-0.25, -0.2) is 0 Å². The highest BCUT2D eigenvalue weighted by molar-refractivity contribution is 5.89. The molecule has 0 aliphatic heterocycles. The average molecular weight is 355 g/mol. The van der Waals surface area contributed by atoms with E-state index in [1.807, 2.05) is 0 Å². The van der Waals surface area contributed by atoms with Gasteiger partial charge in [-0.15, -0.1) is 0 Å². The average Bonchev–Trinajstić information content (AvgIpc) is 2.82. The first-order valence-corrected chi connectivity index (χ1v) is 9.97. The molecule has 0 aromatic heterocycles. The highest BCUT2D eigenvalue weighted by Gasteiger charge is 2.39. The van der Waals surface area contributed by atoms with E-state index in [9.17, 15) is 0 Å². The van der Waals surface area contributed by atoms with Crippen LogP contribution in [-0.2, 0) is 10.8 Å². The van der Waals surface area contributed by atoms with E-state index in [1.165, 1.54) is 50.1 Å². The van der Waals surface area contributed by atoms with Crippen LogP contribution in [0.25, 0.3) is 22.3 Å². The van der Waals surface area contributed by atoms with Crippen LogP contribution in [0.1, 0.15) is 62.4 Å². The van der Waals surface area contributed by atoms with Crippen molar-refractivity contribution < 1.29 is 0 Å². The van der Waals surface area contributed by atoms with Crippen molar-refractivity contribution >= 4 is 0 Å². The number of benzene rings is 3. The van der Waals surface area contributed by atoms with Gasteiger partial charge < -0.3 is 0 Å². The maximum atomic E-state index is 2.45. The number of rotatable bonds is 1. The lowest BCUT2D eigenvalue weighted by molar-refractivity contribution is 0.589. The summed E-state index contributed by atoms with van der Waals surface area (Å²) in [4.78, 5) is 0. The Bertz CT molecular complexity index is 1030. The third kappa shape index (κ3) is 2.74. The smallest absolute Gasteiger partial charge is 0.0165 e. The van der Waals surface area contributed by atoms with Crippen LogP contribution < -0.4 is 0 Å². The molecule has 3 aromatic carbocycles. The van der Waals surface area contributed by atoms with Crippen molar-refractivity contribution in [3.8, 4) is 22.3 Å². The van der Waals surface area contributed by atoms with E-state index >= 15 is 0 Å². The Labute approximate surface area is 164 Å². The van der Waals surface area contributed by atoms with Gasteiger partial charge in [-0.05, 0) is 69.3 Å². The summed E-state index contributed by atoms with van der Waals surface area (Å²) in [5.74, 6) is 0. The maximum Gasteiger partial charge on any atom is 0.0165 e. The second-order valence-electron chi connectivity index (χ2n) is 9.67. The molecule has 0 heteroatoms. The zero-order valence-electron chi connectivity index (χ0n) is 17.7. The second-order valence-corrected chi connectivity index (χ2v) is 9.67. The van der Waals surface area contributed by atoms with Crippen LogP contribution in [-0.4, -0.2) is 0 Å². The normalized spacial score (nSPS) is 14.8. The highest BCUT2D eigenvalue weighted by Crippen LogP contribution is 2.53. The van der Waals surface area contributed by atoms with Crippen LogP contribution in [0.3, 0.4) is 0 Å². The molecule has 0 bridgehead atoms. The van der Waals surface area contributed by atoms with Crippen molar-refractivity contribution in [3.63, 3.8) is 0 Å². The third-order valence-corrected chi connectivity index (χ3v) is 6.31.